The first-order valence-corrected chi connectivity index (χ1v) is 7.45. The van der Waals surface area contributed by atoms with Crippen LogP contribution < -0.4 is 0 Å². The number of aromatic nitrogens is 2. The van der Waals surface area contributed by atoms with E-state index < -0.39 is 24.8 Å². The summed E-state index contributed by atoms with van der Waals surface area (Å²) in [5.41, 5.74) is 0.833. The van der Waals surface area contributed by atoms with Gasteiger partial charge in [0.2, 0.25) is 5.91 Å². The van der Waals surface area contributed by atoms with Gasteiger partial charge in [-0.05, 0) is 5.56 Å². The number of carbonyl (C=O) groups is 1. The standard InChI is InChI=1S/C16H16F3N3O2/c17-16(18,19)15(12-4-2-1-3-5-12)24-10-14(23)21-6-7-22-11-20-8-13(22)9-21/h1-5,8,11,15H,6-7,9-10H2. The van der Waals surface area contributed by atoms with Gasteiger partial charge in [0.15, 0.2) is 6.10 Å². The summed E-state index contributed by atoms with van der Waals surface area (Å²) < 4.78 is 46.4. The van der Waals surface area contributed by atoms with Crippen molar-refractivity contribution in [2.45, 2.75) is 25.4 Å². The van der Waals surface area contributed by atoms with Crippen molar-refractivity contribution in [2.75, 3.05) is 13.2 Å². The van der Waals surface area contributed by atoms with Crippen LogP contribution in [-0.4, -0.2) is 39.7 Å². The summed E-state index contributed by atoms with van der Waals surface area (Å²) in [4.78, 5) is 17.7. The van der Waals surface area contributed by atoms with Gasteiger partial charge in [-0.15, -0.1) is 0 Å². The van der Waals surface area contributed by atoms with Crippen molar-refractivity contribution in [3.63, 3.8) is 0 Å². The maximum atomic E-state index is 13.2. The van der Waals surface area contributed by atoms with Crippen LogP contribution in [-0.2, 0) is 22.6 Å². The van der Waals surface area contributed by atoms with E-state index in [0.29, 0.717) is 19.6 Å². The second-order valence-corrected chi connectivity index (χ2v) is 5.54. The van der Waals surface area contributed by atoms with E-state index in [0.717, 1.165) is 5.69 Å². The van der Waals surface area contributed by atoms with Crippen molar-refractivity contribution in [1.82, 2.24) is 14.5 Å². The molecule has 0 aliphatic carbocycles. The Morgan fingerprint density at radius 1 is 1.25 bits per heavy atom. The van der Waals surface area contributed by atoms with Crippen LogP contribution in [0.2, 0.25) is 0 Å². The lowest BCUT2D eigenvalue weighted by atomic mass is 10.1. The summed E-state index contributed by atoms with van der Waals surface area (Å²) in [5, 5.41) is 0. The zero-order valence-corrected chi connectivity index (χ0v) is 12.7. The first-order valence-electron chi connectivity index (χ1n) is 7.45. The predicted molar refractivity (Wildman–Crippen MR) is 78.8 cm³/mol. The number of ether oxygens (including phenoxy) is 1. The molecule has 5 nitrogen and oxygen atoms in total. The van der Waals surface area contributed by atoms with Crippen LogP contribution in [0.1, 0.15) is 17.4 Å². The van der Waals surface area contributed by atoms with Crippen molar-refractivity contribution in [3.8, 4) is 0 Å². The molecule has 0 radical (unpaired) electrons. The summed E-state index contributed by atoms with van der Waals surface area (Å²) in [6.07, 6.45) is -3.38. The third-order valence-corrected chi connectivity index (χ3v) is 3.89. The number of hydrogen-bond acceptors (Lipinski definition) is 3. The molecule has 0 saturated heterocycles. The second kappa shape index (κ2) is 6.64. The van der Waals surface area contributed by atoms with Gasteiger partial charge in [0.1, 0.15) is 6.61 Å². The summed E-state index contributed by atoms with van der Waals surface area (Å²) in [5.74, 6) is -0.465. The fraction of sp³-hybridized carbons (Fsp3) is 0.375. The second-order valence-electron chi connectivity index (χ2n) is 5.54. The minimum Gasteiger partial charge on any atom is -0.354 e. The van der Waals surface area contributed by atoms with Crippen molar-refractivity contribution in [3.05, 3.63) is 54.1 Å². The van der Waals surface area contributed by atoms with E-state index in [9.17, 15) is 18.0 Å². The first-order chi connectivity index (χ1) is 11.4. The molecule has 1 unspecified atom stereocenters. The van der Waals surface area contributed by atoms with E-state index in [1.54, 1.807) is 18.6 Å². The van der Waals surface area contributed by atoms with Gasteiger partial charge in [0.25, 0.3) is 0 Å². The zero-order chi connectivity index (χ0) is 17.2. The molecular weight excluding hydrogens is 323 g/mol. The van der Waals surface area contributed by atoms with Crippen molar-refractivity contribution in [2.24, 2.45) is 0 Å². The summed E-state index contributed by atoms with van der Waals surface area (Å²) >= 11 is 0. The molecule has 2 aromatic rings. The van der Waals surface area contributed by atoms with Crippen LogP contribution in [0.3, 0.4) is 0 Å². The van der Waals surface area contributed by atoms with E-state index in [2.05, 4.69) is 4.98 Å². The highest BCUT2D eigenvalue weighted by Gasteiger charge is 2.42. The molecule has 8 heteroatoms. The summed E-state index contributed by atoms with van der Waals surface area (Å²) in [7, 11) is 0. The third-order valence-electron chi connectivity index (χ3n) is 3.89. The van der Waals surface area contributed by atoms with Crippen LogP contribution in [0, 0.1) is 0 Å². The minimum atomic E-state index is -4.58. The number of nitrogens with zero attached hydrogens (tertiary/aromatic N) is 3. The molecule has 128 valence electrons. The lowest BCUT2D eigenvalue weighted by Crippen LogP contribution is -2.40. The van der Waals surface area contributed by atoms with Gasteiger partial charge in [-0.1, -0.05) is 30.3 Å². The number of amides is 1. The van der Waals surface area contributed by atoms with Crippen molar-refractivity contribution >= 4 is 5.91 Å². The molecule has 1 aliphatic rings. The van der Waals surface area contributed by atoms with Crippen LogP contribution in [0.25, 0.3) is 0 Å². The molecule has 1 aromatic carbocycles. The van der Waals surface area contributed by atoms with Crippen molar-refractivity contribution < 1.29 is 22.7 Å². The number of imidazole rings is 1. The van der Waals surface area contributed by atoms with E-state index in [1.165, 1.54) is 29.2 Å². The normalized spacial score (nSPS) is 15.9. The quantitative estimate of drug-likeness (QED) is 0.860. The molecule has 24 heavy (non-hydrogen) atoms. The maximum Gasteiger partial charge on any atom is 0.418 e. The molecule has 1 amide bonds. The molecule has 0 saturated carbocycles. The van der Waals surface area contributed by atoms with E-state index >= 15 is 0 Å². The van der Waals surface area contributed by atoms with E-state index in [-0.39, 0.29) is 5.56 Å². The molecule has 1 aromatic heterocycles. The lowest BCUT2D eigenvalue weighted by Gasteiger charge is -2.29. The molecule has 3 rings (SSSR count). The van der Waals surface area contributed by atoms with Crippen LogP contribution >= 0.6 is 0 Å². The Morgan fingerprint density at radius 3 is 2.71 bits per heavy atom. The smallest absolute Gasteiger partial charge is 0.354 e. The molecule has 0 N–H and O–H groups in total. The number of alkyl halides is 3. The Morgan fingerprint density at radius 2 is 2.00 bits per heavy atom. The van der Waals surface area contributed by atoms with E-state index in [4.69, 9.17) is 4.74 Å². The molecule has 0 spiro atoms. The SMILES string of the molecule is O=C(COC(c1ccccc1)C(F)(F)F)N1CCn2cncc2C1. The number of halogens is 3. The van der Waals surface area contributed by atoms with Gasteiger partial charge >= 0.3 is 6.18 Å². The lowest BCUT2D eigenvalue weighted by molar-refractivity contribution is -0.224. The average molecular weight is 339 g/mol. The Bertz CT molecular complexity index is 700. The molecule has 1 atom stereocenters. The minimum absolute atomic E-state index is 0.0190. The number of hydrogen-bond donors (Lipinski definition) is 0. The number of carbonyl (C=O) groups excluding carboxylic acids is 1. The highest BCUT2D eigenvalue weighted by molar-refractivity contribution is 5.77. The number of benzene rings is 1. The van der Waals surface area contributed by atoms with Gasteiger partial charge in [-0.3, -0.25) is 4.79 Å². The highest BCUT2D eigenvalue weighted by atomic mass is 19.4. The maximum absolute atomic E-state index is 13.2. The van der Waals surface area contributed by atoms with Crippen LogP contribution in [0.15, 0.2) is 42.9 Å². The van der Waals surface area contributed by atoms with Crippen LogP contribution in [0.4, 0.5) is 13.2 Å². The number of fused-ring (bicyclic) bond motifs is 1. The average Bonchev–Trinajstić information content (AvgIpc) is 3.02. The summed E-state index contributed by atoms with van der Waals surface area (Å²) in [6, 6.07) is 7.30. The molecule has 2 heterocycles. The predicted octanol–water partition coefficient (Wildman–Crippen LogP) is 2.55. The summed E-state index contributed by atoms with van der Waals surface area (Å²) in [6.45, 7) is 0.702. The van der Waals surface area contributed by atoms with Crippen LogP contribution in [0.5, 0.6) is 0 Å². The molecular formula is C16H16F3N3O2. The Labute approximate surface area is 136 Å². The molecule has 0 fully saturated rings. The van der Waals surface area contributed by atoms with Gasteiger partial charge < -0.3 is 14.2 Å². The Hall–Kier alpha value is -2.35. The van der Waals surface area contributed by atoms with E-state index in [1.807, 2.05) is 4.57 Å². The van der Waals surface area contributed by atoms with Gasteiger partial charge in [-0.25, -0.2) is 4.98 Å². The van der Waals surface area contributed by atoms with Gasteiger partial charge in [-0.2, -0.15) is 13.2 Å². The number of rotatable bonds is 4. The first kappa shape index (κ1) is 16.5. The molecule has 0 bridgehead atoms. The highest BCUT2D eigenvalue weighted by Crippen LogP contribution is 2.35. The monoisotopic (exact) mass is 339 g/mol. The fourth-order valence-corrected chi connectivity index (χ4v) is 2.65. The zero-order valence-electron chi connectivity index (χ0n) is 12.7. The fourth-order valence-electron chi connectivity index (χ4n) is 2.65. The van der Waals surface area contributed by atoms with Gasteiger partial charge in [0, 0.05) is 19.3 Å². The van der Waals surface area contributed by atoms with Crippen molar-refractivity contribution in [1.29, 1.82) is 0 Å². The Balaban J connectivity index is 1.64. The third kappa shape index (κ3) is 3.59. The largest absolute Gasteiger partial charge is 0.418 e. The Kier molecular flexibility index (Phi) is 4.57. The van der Waals surface area contributed by atoms with Gasteiger partial charge in [0.05, 0.1) is 18.6 Å². The molecule has 1 aliphatic heterocycles. The topological polar surface area (TPSA) is 47.4 Å².